The summed E-state index contributed by atoms with van der Waals surface area (Å²) in [6.07, 6.45) is 0. The summed E-state index contributed by atoms with van der Waals surface area (Å²) in [4.78, 5) is 12.2. The van der Waals surface area contributed by atoms with E-state index in [0.29, 0.717) is 36.2 Å². The first kappa shape index (κ1) is 17.9. The number of ether oxygens (including phenoxy) is 1. The fraction of sp³-hybridized carbons (Fsp3) is 0.471. The fourth-order valence-corrected chi connectivity index (χ4v) is 4.72. The summed E-state index contributed by atoms with van der Waals surface area (Å²) in [5, 5.41) is 3.79. The Balaban J connectivity index is 2.03. The lowest BCUT2D eigenvalue weighted by molar-refractivity contribution is 0.0491. The van der Waals surface area contributed by atoms with Gasteiger partial charge in [0.15, 0.2) is 0 Å². The van der Waals surface area contributed by atoms with Gasteiger partial charge in [0.25, 0.3) is 0 Å². The Hall–Kier alpha value is -1.90. The zero-order chi connectivity index (χ0) is 18.2. The first-order valence-corrected chi connectivity index (χ1v) is 9.73. The molecule has 0 unspecified atom stereocenters. The second-order valence-corrected chi connectivity index (χ2v) is 7.99. The van der Waals surface area contributed by atoms with Crippen molar-refractivity contribution in [3.63, 3.8) is 0 Å². The van der Waals surface area contributed by atoms with Crippen LogP contribution in [0.2, 0.25) is 0 Å². The summed E-state index contributed by atoms with van der Waals surface area (Å²) < 4.78 is 38.0. The number of carbonyl (C=O) groups is 1. The third-order valence-electron chi connectivity index (χ3n) is 4.42. The van der Waals surface area contributed by atoms with Crippen LogP contribution in [0.25, 0.3) is 11.0 Å². The third kappa shape index (κ3) is 3.17. The lowest BCUT2D eigenvalue weighted by Gasteiger charge is -2.32. The van der Waals surface area contributed by atoms with Crippen LogP contribution in [-0.4, -0.2) is 51.0 Å². The molecule has 1 aromatic carbocycles. The second kappa shape index (κ2) is 6.78. The number of fused-ring (bicyclic) bond motifs is 1. The molecule has 0 spiro atoms. The van der Waals surface area contributed by atoms with E-state index in [1.807, 2.05) is 6.92 Å². The number of rotatable bonds is 4. The number of furan rings is 1. The van der Waals surface area contributed by atoms with Crippen molar-refractivity contribution < 1.29 is 22.4 Å². The first-order chi connectivity index (χ1) is 11.9. The molecular weight excluding hydrogens is 344 g/mol. The summed E-state index contributed by atoms with van der Waals surface area (Å²) in [6, 6.07) is 4.56. The van der Waals surface area contributed by atoms with Gasteiger partial charge >= 0.3 is 5.97 Å². The maximum Gasteiger partial charge on any atom is 0.374 e. The third-order valence-corrected chi connectivity index (χ3v) is 6.42. The van der Waals surface area contributed by atoms with Crippen molar-refractivity contribution in [1.82, 2.24) is 9.62 Å². The summed E-state index contributed by atoms with van der Waals surface area (Å²) >= 11 is 0. The highest BCUT2D eigenvalue weighted by molar-refractivity contribution is 7.89. The Bertz CT molecular complexity index is 903. The maximum atomic E-state index is 13.0. The molecule has 1 aliphatic heterocycles. The first-order valence-electron chi connectivity index (χ1n) is 8.29. The Morgan fingerprint density at radius 2 is 2.20 bits per heavy atom. The molecule has 0 saturated carbocycles. The number of hydrogen-bond donors (Lipinski definition) is 1. The van der Waals surface area contributed by atoms with Crippen molar-refractivity contribution in [2.75, 3.05) is 26.2 Å². The van der Waals surface area contributed by atoms with E-state index >= 15 is 0 Å². The highest BCUT2D eigenvalue weighted by Gasteiger charge is 2.31. The van der Waals surface area contributed by atoms with E-state index in [4.69, 9.17) is 9.15 Å². The number of piperazine rings is 1. The lowest BCUT2D eigenvalue weighted by Crippen LogP contribution is -2.52. The van der Waals surface area contributed by atoms with Gasteiger partial charge in [0.05, 0.1) is 11.5 Å². The average Bonchev–Trinajstić information content (AvgIpc) is 2.92. The van der Waals surface area contributed by atoms with Crippen molar-refractivity contribution in [3.8, 4) is 0 Å². The average molecular weight is 366 g/mol. The van der Waals surface area contributed by atoms with Crippen LogP contribution in [0.4, 0.5) is 0 Å². The predicted octanol–water partition coefficient (Wildman–Crippen LogP) is 1.90. The van der Waals surface area contributed by atoms with Crippen LogP contribution in [0, 0.1) is 6.92 Å². The monoisotopic (exact) mass is 366 g/mol. The fourth-order valence-electron chi connectivity index (χ4n) is 3.07. The summed E-state index contributed by atoms with van der Waals surface area (Å²) in [6.45, 7) is 7.25. The minimum atomic E-state index is -3.61. The molecule has 2 aromatic rings. The Labute approximate surface area is 147 Å². The number of sulfonamides is 1. The highest BCUT2D eigenvalue weighted by atomic mass is 32.2. The van der Waals surface area contributed by atoms with E-state index < -0.39 is 16.0 Å². The summed E-state index contributed by atoms with van der Waals surface area (Å²) in [5.41, 5.74) is 1.05. The molecule has 25 heavy (non-hydrogen) atoms. The van der Waals surface area contributed by atoms with Crippen LogP contribution >= 0.6 is 0 Å². The maximum absolute atomic E-state index is 13.0. The number of esters is 1. The molecule has 1 saturated heterocycles. The van der Waals surface area contributed by atoms with Crippen molar-refractivity contribution >= 4 is 27.0 Å². The normalized spacial score (nSPS) is 19.2. The molecule has 0 bridgehead atoms. The molecule has 0 amide bonds. The van der Waals surface area contributed by atoms with Gasteiger partial charge in [-0.25, -0.2) is 13.2 Å². The van der Waals surface area contributed by atoms with Crippen LogP contribution in [0.3, 0.4) is 0 Å². The predicted molar refractivity (Wildman–Crippen MR) is 93.1 cm³/mol. The van der Waals surface area contributed by atoms with Crippen molar-refractivity contribution in [1.29, 1.82) is 0 Å². The Kier molecular flexibility index (Phi) is 4.86. The van der Waals surface area contributed by atoms with Crippen LogP contribution in [0.1, 0.15) is 30.0 Å². The van der Waals surface area contributed by atoms with Gasteiger partial charge in [-0.15, -0.1) is 0 Å². The van der Waals surface area contributed by atoms with Crippen LogP contribution in [-0.2, 0) is 14.8 Å². The highest BCUT2D eigenvalue weighted by Crippen LogP contribution is 2.30. The van der Waals surface area contributed by atoms with Gasteiger partial charge in [0, 0.05) is 36.6 Å². The topological polar surface area (TPSA) is 88.8 Å². The SMILES string of the molecule is CCOC(=O)c1oc2ccc(S(=O)(=O)N3CCNC[C@H]3C)cc2c1C. The number of nitrogens with zero attached hydrogens (tertiary/aromatic N) is 1. The molecule has 136 valence electrons. The largest absolute Gasteiger partial charge is 0.460 e. The molecule has 0 aliphatic carbocycles. The van der Waals surface area contributed by atoms with Gasteiger partial charge in [-0.3, -0.25) is 0 Å². The van der Waals surface area contributed by atoms with E-state index in [-0.39, 0.29) is 23.3 Å². The lowest BCUT2D eigenvalue weighted by atomic mass is 10.1. The van der Waals surface area contributed by atoms with Crippen molar-refractivity contribution in [3.05, 3.63) is 29.5 Å². The van der Waals surface area contributed by atoms with Gasteiger partial charge < -0.3 is 14.5 Å². The molecule has 0 radical (unpaired) electrons. The van der Waals surface area contributed by atoms with Crippen LogP contribution < -0.4 is 5.32 Å². The Morgan fingerprint density at radius 3 is 2.88 bits per heavy atom. The summed E-state index contributed by atoms with van der Waals surface area (Å²) in [7, 11) is -3.61. The standard InChI is InChI=1S/C17H22N2O5S/c1-4-23-17(20)16-12(3)14-9-13(5-6-15(14)24-16)25(21,22)19-8-7-18-10-11(19)2/h5-6,9,11,18H,4,7-8,10H2,1-3H3/t11-/m1/s1. The smallest absolute Gasteiger partial charge is 0.374 e. The molecule has 8 heteroatoms. The summed E-state index contributed by atoms with van der Waals surface area (Å²) in [5.74, 6) is -0.432. The zero-order valence-electron chi connectivity index (χ0n) is 14.5. The van der Waals surface area contributed by atoms with E-state index in [9.17, 15) is 13.2 Å². The second-order valence-electron chi connectivity index (χ2n) is 6.10. The number of nitrogens with one attached hydrogen (secondary N) is 1. The van der Waals surface area contributed by atoms with Gasteiger partial charge in [-0.1, -0.05) is 0 Å². The molecule has 7 nitrogen and oxygen atoms in total. The number of benzene rings is 1. The quantitative estimate of drug-likeness (QED) is 0.832. The molecule has 1 aliphatic rings. The number of aryl methyl sites for hydroxylation is 1. The van der Waals surface area contributed by atoms with Gasteiger partial charge in [-0.05, 0) is 39.0 Å². The van der Waals surface area contributed by atoms with E-state index in [1.54, 1.807) is 26.0 Å². The van der Waals surface area contributed by atoms with Crippen molar-refractivity contribution in [2.45, 2.75) is 31.7 Å². The van der Waals surface area contributed by atoms with Crippen LogP contribution in [0.15, 0.2) is 27.5 Å². The zero-order valence-corrected chi connectivity index (χ0v) is 15.4. The molecule has 1 N–H and O–H groups in total. The number of hydrogen-bond acceptors (Lipinski definition) is 6. The van der Waals surface area contributed by atoms with E-state index in [2.05, 4.69) is 5.32 Å². The van der Waals surface area contributed by atoms with Crippen LogP contribution in [0.5, 0.6) is 0 Å². The number of carbonyl (C=O) groups excluding carboxylic acids is 1. The molecule has 2 heterocycles. The minimum absolute atomic E-state index is 0.113. The Morgan fingerprint density at radius 1 is 1.44 bits per heavy atom. The molecule has 1 atom stereocenters. The van der Waals surface area contributed by atoms with Gasteiger partial charge in [-0.2, -0.15) is 4.31 Å². The van der Waals surface area contributed by atoms with E-state index in [0.717, 1.165) is 0 Å². The molecule has 3 rings (SSSR count). The molecule has 1 aromatic heterocycles. The minimum Gasteiger partial charge on any atom is -0.460 e. The molecular formula is C17H22N2O5S. The van der Waals surface area contributed by atoms with E-state index in [1.165, 1.54) is 10.4 Å². The van der Waals surface area contributed by atoms with Crippen molar-refractivity contribution in [2.24, 2.45) is 0 Å². The van der Waals surface area contributed by atoms with Gasteiger partial charge in [0.1, 0.15) is 5.58 Å². The van der Waals surface area contributed by atoms with Gasteiger partial charge in [0.2, 0.25) is 15.8 Å². The molecule has 1 fully saturated rings.